The van der Waals surface area contributed by atoms with Crippen molar-refractivity contribution in [3.8, 4) is 0 Å². The van der Waals surface area contributed by atoms with E-state index in [0.717, 1.165) is 11.1 Å². The molecule has 1 aliphatic rings. The van der Waals surface area contributed by atoms with Crippen LogP contribution in [-0.2, 0) is 0 Å². The van der Waals surface area contributed by atoms with E-state index < -0.39 is 11.9 Å². The van der Waals surface area contributed by atoms with Crippen molar-refractivity contribution in [2.45, 2.75) is 13.0 Å². The van der Waals surface area contributed by atoms with Crippen molar-refractivity contribution < 1.29 is 14.3 Å². The minimum atomic E-state index is -0.544. The van der Waals surface area contributed by atoms with Crippen LogP contribution in [0.2, 0.25) is 0 Å². The SMILES string of the molecule is Cc1ccc(F)c(C(=O)N2CCN(C[C@@H](O)c3ccccc3)CC2)c1. The summed E-state index contributed by atoms with van der Waals surface area (Å²) < 4.78 is 13.9. The van der Waals surface area contributed by atoms with E-state index in [9.17, 15) is 14.3 Å². The lowest BCUT2D eigenvalue weighted by atomic mass is 10.1. The molecular weight excluding hydrogens is 319 g/mol. The zero-order valence-corrected chi connectivity index (χ0v) is 14.4. The quantitative estimate of drug-likeness (QED) is 0.929. The molecule has 0 aliphatic carbocycles. The molecule has 1 saturated heterocycles. The van der Waals surface area contributed by atoms with Crippen molar-refractivity contribution >= 4 is 5.91 Å². The maximum Gasteiger partial charge on any atom is 0.256 e. The van der Waals surface area contributed by atoms with Crippen molar-refractivity contribution in [3.63, 3.8) is 0 Å². The topological polar surface area (TPSA) is 43.8 Å². The molecule has 0 spiro atoms. The molecule has 1 amide bonds. The van der Waals surface area contributed by atoms with E-state index in [4.69, 9.17) is 0 Å². The molecule has 1 aliphatic heterocycles. The Hall–Kier alpha value is -2.24. The van der Waals surface area contributed by atoms with Gasteiger partial charge in [0.15, 0.2) is 0 Å². The van der Waals surface area contributed by atoms with Gasteiger partial charge in [0.2, 0.25) is 0 Å². The van der Waals surface area contributed by atoms with Crippen LogP contribution in [0.1, 0.15) is 27.6 Å². The molecule has 0 unspecified atom stereocenters. The number of aryl methyl sites for hydroxylation is 1. The number of aliphatic hydroxyl groups is 1. The number of aliphatic hydroxyl groups excluding tert-OH is 1. The number of carbonyl (C=O) groups excluding carboxylic acids is 1. The molecular formula is C20H23FN2O2. The van der Waals surface area contributed by atoms with Crippen molar-refractivity contribution in [2.24, 2.45) is 0 Å². The van der Waals surface area contributed by atoms with Crippen LogP contribution < -0.4 is 0 Å². The van der Waals surface area contributed by atoms with E-state index in [1.54, 1.807) is 17.0 Å². The highest BCUT2D eigenvalue weighted by Crippen LogP contribution is 2.17. The zero-order chi connectivity index (χ0) is 17.8. The van der Waals surface area contributed by atoms with Crippen molar-refractivity contribution in [1.29, 1.82) is 0 Å². The molecule has 1 N–H and O–H groups in total. The third-order valence-corrected chi connectivity index (χ3v) is 4.63. The van der Waals surface area contributed by atoms with E-state index in [1.807, 2.05) is 37.3 Å². The number of piperazine rings is 1. The predicted octanol–water partition coefficient (Wildman–Crippen LogP) is 2.63. The van der Waals surface area contributed by atoms with E-state index >= 15 is 0 Å². The van der Waals surface area contributed by atoms with Gasteiger partial charge in [-0.2, -0.15) is 0 Å². The maximum atomic E-state index is 13.9. The Balaban J connectivity index is 1.56. The van der Waals surface area contributed by atoms with E-state index in [-0.39, 0.29) is 11.5 Å². The van der Waals surface area contributed by atoms with E-state index in [1.165, 1.54) is 6.07 Å². The van der Waals surface area contributed by atoms with E-state index in [0.29, 0.717) is 32.7 Å². The highest BCUT2D eigenvalue weighted by molar-refractivity contribution is 5.94. The summed E-state index contributed by atoms with van der Waals surface area (Å²) in [5.41, 5.74) is 1.90. The van der Waals surface area contributed by atoms with Gasteiger partial charge in [-0.1, -0.05) is 42.0 Å². The smallest absolute Gasteiger partial charge is 0.256 e. The molecule has 1 atom stereocenters. The summed E-state index contributed by atoms with van der Waals surface area (Å²) in [5.74, 6) is -0.734. The minimum absolute atomic E-state index is 0.137. The average Bonchev–Trinajstić information content (AvgIpc) is 2.64. The summed E-state index contributed by atoms with van der Waals surface area (Å²) in [6.07, 6.45) is -0.544. The fourth-order valence-corrected chi connectivity index (χ4v) is 3.13. The number of amides is 1. The normalized spacial score (nSPS) is 16.7. The van der Waals surface area contributed by atoms with Gasteiger partial charge < -0.3 is 10.0 Å². The maximum absolute atomic E-state index is 13.9. The Morgan fingerprint density at radius 3 is 2.48 bits per heavy atom. The molecule has 25 heavy (non-hydrogen) atoms. The predicted molar refractivity (Wildman–Crippen MR) is 94.9 cm³/mol. The first kappa shape index (κ1) is 17.6. The number of halogens is 1. The Kier molecular flexibility index (Phi) is 5.46. The third-order valence-electron chi connectivity index (χ3n) is 4.63. The molecule has 1 heterocycles. The van der Waals surface area contributed by atoms with Gasteiger partial charge in [-0.3, -0.25) is 9.69 Å². The van der Waals surface area contributed by atoms with Crippen molar-refractivity contribution in [2.75, 3.05) is 32.7 Å². The minimum Gasteiger partial charge on any atom is -0.387 e. The monoisotopic (exact) mass is 342 g/mol. The fourth-order valence-electron chi connectivity index (χ4n) is 3.13. The molecule has 3 rings (SSSR count). The highest BCUT2D eigenvalue weighted by atomic mass is 19.1. The van der Waals surface area contributed by atoms with Gasteiger partial charge >= 0.3 is 0 Å². The number of hydrogen-bond donors (Lipinski definition) is 1. The Morgan fingerprint density at radius 2 is 1.80 bits per heavy atom. The Labute approximate surface area is 147 Å². The first-order valence-electron chi connectivity index (χ1n) is 8.55. The lowest BCUT2D eigenvalue weighted by Gasteiger charge is -2.35. The lowest BCUT2D eigenvalue weighted by Crippen LogP contribution is -2.49. The first-order valence-corrected chi connectivity index (χ1v) is 8.55. The molecule has 5 heteroatoms. The van der Waals surface area contributed by atoms with Crippen LogP contribution in [0.25, 0.3) is 0 Å². The number of carbonyl (C=O) groups is 1. The average molecular weight is 342 g/mol. The summed E-state index contributed by atoms with van der Waals surface area (Å²) in [6, 6.07) is 14.2. The van der Waals surface area contributed by atoms with Gasteiger partial charge in [-0.05, 0) is 24.6 Å². The molecule has 2 aromatic carbocycles. The molecule has 2 aromatic rings. The van der Waals surface area contributed by atoms with Crippen LogP contribution in [0.5, 0.6) is 0 Å². The van der Waals surface area contributed by atoms with Crippen molar-refractivity contribution in [1.82, 2.24) is 9.80 Å². The fraction of sp³-hybridized carbons (Fsp3) is 0.350. The van der Waals surface area contributed by atoms with E-state index in [2.05, 4.69) is 4.90 Å². The van der Waals surface area contributed by atoms with Crippen LogP contribution in [-0.4, -0.2) is 53.5 Å². The molecule has 0 aromatic heterocycles. The molecule has 0 saturated carbocycles. The standard InChI is InChI=1S/C20H23FN2O2/c1-15-7-8-18(21)17(13-15)20(25)23-11-9-22(10-12-23)14-19(24)16-5-3-2-4-6-16/h2-8,13,19,24H,9-12,14H2,1H3/t19-/m1/s1. The third kappa shape index (κ3) is 4.24. The van der Waals surface area contributed by atoms with Gasteiger partial charge in [0.25, 0.3) is 5.91 Å². The summed E-state index contributed by atoms with van der Waals surface area (Å²) in [5, 5.41) is 10.3. The highest BCUT2D eigenvalue weighted by Gasteiger charge is 2.25. The number of hydrogen-bond acceptors (Lipinski definition) is 3. The van der Waals surface area contributed by atoms with Gasteiger partial charge in [0.1, 0.15) is 5.82 Å². The number of β-amino-alcohol motifs (C(OH)–C–C–N with tert-alkyl or cyclic N) is 1. The molecule has 132 valence electrons. The summed E-state index contributed by atoms with van der Waals surface area (Å²) in [6.45, 7) is 4.79. The Bertz CT molecular complexity index is 728. The van der Waals surface area contributed by atoms with Crippen LogP contribution >= 0.6 is 0 Å². The molecule has 0 bridgehead atoms. The molecule has 0 radical (unpaired) electrons. The van der Waals surface area contributed by atoms with Crippen LogP contribution in [0.4, 0.5) is 4.39 Å². The second kappa shape index (κ2) is 7.76. The van der Waals surface area contributed by atoms with Gasteiger partial charge in [0, 0.05) is 32.7 Å². The number of nitrogens with zero attached hydrogens (tertiary/aromatic N) is 2. The second-order valence-corrected chi connectivity index (χ2v) is 6.50. The second-order valence-electron chi connectivity index (χ2n) is 6.50. The van der Waals surface area contributed by atoms with Crippen LogP contribution in [0.3, 0.4) is 0 Å². The zero-order valence-electron chi connectivity index (χ0n) is 14.4. The largest absolute Gasteiger partial charge is 0.387 e. The van der Waals surface area contributed by atoms with Crippen LogP contribution in [0.15, 0.2) is 48.5 Å². The number of rotatable bonds is 4. The van der Waals surface area contributed by atoms with Gasteiger partial charge in [-0.25, -0.2) is 4.39 Å². The molecule has 1 fully saturated rings. The Morgan fingerprint density at radius 1 is 1.12 bits per heavy atom. The lowest BCUT2D eigenvalue weighted by molar-refractivity contribution is 0.0524. The first-order chi connectivity index (χ1) is 12.0. The molecule has 4 nitrogen and oxygen atoms in total. The van der Waals surface area contributed by atoms with Crippen molar-refractivity contribution in [3.05, 3.63) is 71.0 Å². The summed E-state index contributed by atoms with van der Waals surface area (Å²) in [4.78, 5) is 16.4. The summed E-state index contributed by atoms with van der Waals surface area (Å²) >= 11 is 0. The summed E-state index contributed by atoms with van der Waals surface area (Å²) in [7, 11) is 0. The van der Waals surface area contributed by atoms with Gasteiger partial charge in [0.05, 0.1) is 11.7 Å². The van der Waals surface area contributed by atoms with Crippen LogP contribution in [0, 0.1) is 12.7 Å². The number of benzene rings is 2. The van der Waals surface area contributed by atoms with Gasteiger partial charge in [-0.15, -0.1) is 0 Å².